The van der Waals surface area contributed by atoms with E-state index >= 15 is 0 Å². The van der Waals surface area contributed by atoms with E-state index in [0.717, 1.165) is 18.2 Å². The van der Waals surface area contributed by atoms with Gasteiger partial charge in [0.25, 0.3) is 0 Å². The molecular weight excluding hydrogens is 297 g/mol. The van der Waals surface area contributed by atoms with E-state index in [1.165, 1.54) is 0 Å². The van der Waals surface area contributed by atoms with Crippen LogP contribution in [0.3, 0.4) is 0 Å². The first-order chi connectivity index (χ1) is 9.72. The molecule has 0 aliphatic carbocycles. The Morgan fingerprint density at radius 2 is 2.05 bits per heavy atom. The normalized spacial score (nSPS) is 11.6. The second-order valence-electron chi connectivity index (χ2n) is 5.03. The summed E-state index contributed by atoms with van der Waals surface area (Å²) < 4.78 is 39.1. The first-order valence-corrected chi connectivity index (χ1v) is 8.02. The lowest BCUT2D eigenvalue weighted by Gasteiger charge is -2.09. The number of hydrogen-bond acceptors (Lipinski definition) is 4. The number of nitrogens with two attached hydrogens (primary N) is 1. The van der Waals surface area contributed by atoms with E-state index in [9.17, 15) is 17.6 Å². The summed E-state index contributed by atoms with van der Waals surface area (Å²) in [6.45, 7) is 4.42. The summed E-state index contributed by atoms with van der Waals surface area (Å²) in [5.74, 6) is -0.583. The highest BCUT2D eigenvalue weighted by Crippen LogP contribution is 2.16. The number of carbonyl (C=O) groups excluding carboxylic acids is 1. The Bertz CT molecular complexity index is 603. The van der Waals surface area contributed by atoms with Gasteiger partial charge in [-0.3, -0.25) is 4.79 Å². The Morgan fingerprint density at radius 3 is 2.62 bits per heavy atom. The summed E-state index contributed by atoms with van der Waals surface area (Å²) in [4.78, 5) is 11.3. The van der Waals surface area contributed by atoms with Crippen LogP contribution in [0.25, 0.3) is 0 Å². The maximum Gasteiger partial charge on any atom is 0.240 e. The zero-order valence-corrected chi connectivity index (χ0v) is 12.8. The van der Waals surface area contributed by atoms with Crippen molar-refractivity contribution < 1.29 is 17.6 Å². The Hall–Kier alpha value is -1.67. The smallest absolute Gasteiger partial charge is 0.240 e. The number of nitrogens with one attached hydrogen (secondary N) is 2. The van der Waals surface area contributed by atoms with Crippen molar-refractivity contribution in [2.75, 3.05) is 18.8 Å². The molecule has 0 saturated heterocycles. The van der Waals surface area contributed by atoms with Crippen molar-refractivity contribution >= 4 is 21.6 Å². The zero-order valence-electron chi connectivity index (χ0n) is 12.0. The monoisotopic (exact) mass is 317 g/mol. The van der Waals surface area contributed by atoms with Crippen LogP contribution in [0, 0.1) is 11.7 Å². The molecule has 1 aromatic rings. The molecule has 0 aliphatic heterocycles. The highest BCUT2D eigenvalue weighted by atomic mass is 32.2. The Balaban J connectivity index is 2.53. The molecule has 8 heteroatoms. The fourth-order valence-electron chi connectivity index (χ4n) is 1.48. The Morgan fingerprint density at radius 1 is 1.38 bits per heavy atom. The molecular formula is C13H20FN3O3S. The minimum Gasteiger partial charge on any atom is -0.396 e. The van der Waals surface area contributed by atoms with E-state index in [1.54, 1.807) is 0 Å². The first kappa shape index (κ1) is 17.4. The molecule has 0 radical (unpaired) electrons. The fourth-order valence-corrected chi connectivity index (χ4v) is 2.54. The lowest BCUT2D eigenvalue weighted by molar-refractivity contribution is -0.121. The van der Waals surface area contributed by atoms with Crippen molar-refractivity contribution in [1.82, 2.24) is 10.0 Å². The van der Waals surface area contributed by atoms with E-state index in [4.69, 9.17) is 5.73 Å². The van der Waals surface area contributed by atoms with Gasteiger partial charge in [0, 0.05) is 19.5 Å². The second kappa shape index (κ2) is 7.37. The van der Waals surface area contributed by atoms with Gasteiger partial charge < -0.3 is 11.1 Å². The van der Waals surface area contributed by atoms with Gasteiger partial charge >= 0.3 is 0 Å². The van der Waals surface area contributed by atoms with Gasteiger partial charge in [-0.15, -0.1) is 0 Å². The maximum absolute atomic E-state index is 13.0. The molecule has 0 bridgehead atoms. The van der Waals surface area contributed by atoms with Gasteiger partial charge in [0.15, 0.2) is 0 Å². The predicted molar refractivity (Wildman–Crippen MR) is 78.5 cm³/mol. The van der Waals surface area contributed by atoms with Gasteiger partial charge in [-0.25, -0.2) is 17.5 Å². The fraction of sp³-hybridized carbons (Fsp3) is 0.462. The topological polar surface area (TPSA) is 101 Å². The van der Waals surface area contributed by atoms with Crippen LogP contribution < -0.4 is 15.8 Å². The number of carbonyl (C=O) groups is 1. The Kier molecular flexibility index (Phi) is 6.10. The van der Waals surface area contributed by atoms with Crippen LogP contribution in [-0.2, 0) is 14.8 Å². The van der Waals surface area contributed by atoms with Crippen LogP contribution in [0.1, 0.15) is 20.3 Å². The van der Waals surface area contributed by atoms with Crippen LogP contribution in [0.4, 0.5) is 10.1 Å². The highest BCUT2D eigenvalue weighted by Gasteiger charge is 2.15. The van der Waals surface area contributed by atoms with Crippen LogP contribution in [0.15, 0.2) is 23.1 Å². The van der Waals surface area contributed by atoms with Gasteiger partial charge in [0.1, 0.15) is 5.82 Å². The third kappa shape index (κ3) is 5.68. The van der Waals surface area contributed by atoms with Crippen molar-refractivity contribution in [2.45, 2.75) is 25.2 Å². The minimum absolute atomic E-state index is 0.0304. The van der Waals surface area contributed by atoms with Gasteiger partial charge in [0.2, 0.25) is 15.9 Å². The molecule has 0 spiro atoms. The summed E-state index contributed by atoms with van der Waals surface area (Å²) in [5.41, 5.74) is 5.09. The van der Waals surface area contributed by atoms with Gasteiger partial charge in [-0.05, 0) is 24.1 Å². The third-order valence-electron chi connectivity index (χ3n) is 2.63. The van der Waals surface area contributed by atoms with Crippen molar-refractivity contribution in [1.29, 1.82) is 0 Å². The predicted octanol–water partition coefficient (Wildman–Crippen LogP) is 0.849. The van der Waals surface area contributed by atoms with Gasteiger partial charge in [0.05, 0.1) is 10.6 Å². The number of rotatable bonds is 7. The molecule has 0 aromatic heterocycles. The molecule has 0 unspecified atom stereocenters. The first-order valence-electron chi connectivity index (χ1n) is 6.54. The number of hydrogen-bond donors (Lipinski definition) is 3. The van der Waals surface area contributed by atoms with E-state index in [-0.39, 0.29) is 29.5 Å². The molecule has 4 N–H and O–H groups in total. The molecule has 1 amide bonds. The van der Waals surface area contributed by atoms with Crippen molar-refractivity contribution in [3.05, 3.63) is 24.0 Å². The summed E-state index contributed by atoms with van der Waals surface area (Å²) in [6, 6.07) is 3.14. The molecule has 0 saturated carbocycles. The van der Waals surface area contributed by atoms with Gasteiger partial charge in [-0.2, -0.15) is 0 Å². The zero-order chi connectivity index (χ0) is 16.0. The molecule has 21 heavy (non-hydrogen) atoms. The molecule has 1 aromatic carbocycles. The summed E-state index contributed by atoms with van der Waals surface area (Å²) in [5, 5.41) is 2.68. The number of sulfonamides is 1. The second-order valence-corrected chi connectivity index (χ2v) is 6.80. The van der Waals surface area contributed by atoms with Crippen molar-refractivity contribution in [3.63, 3.8) is 0 Å². The van der Waals surface area contributed by atoms with Crippen LogP contribution in [-0.4, -0.2) is 27.4 Å². The summed E-state index contributed by atoms with van der Waals surface area (Å²) in [6.07, 6.45) is 0.0304. The lowest BCUT2D eigenvalue weighted by atomic mass is 10.2. The maximum atomic E-state index is 13.0. The molecule has 118 valence electrons. The largest absolute Gasteiger partial charge is 0.396 e. The molecule has 1 rings (SSSR count). The minimum atomic E-state index is -3.80. The number of amides is 1. The van der Waals surface area contributed by atoms with Crippen LogP contribution in [0.5, 0.6) is 0 Å². The third-order valence-corrected chi connectivity index (χ3v) is 4.09. The lowest BCUT2D eigenvalue weighted by Crippen LogP contribution is -2.32. The van der Waals surface area contributed by atoms with E-state index < -0.39 is 15.8 Å². The standard InChI is InChI=1S/C13H20FN3O3S/c1-9(2)8-16-13(18)5-6-17-21(19,20)10-3-4-11(14)12(15)7-10/h3-4,7,9,17H,5-6,8,15H2,1-2H3,(H,16,18). The quantitative estimate of drug-likeness (QED) is 0.649. The average Bonchev–Trinajstić information content (AvgIpc) is 2.39. The summed E-state index contributed by atoms with van der Waals surface area (Å²) in [7, 11) is -3.80. The molecule has 0 aliphatic rings. The SMILES string of the molecule is CC(C)CNC(=O)CCNS(=O)(=O)c1ccc(F)c(N)c1. The average molecular weight is 317 g/mol. The molecule has 0 atom stereocenters. The Labute approximate surface area is 124 Å². The number of nitrogen functional groups attached to an aromatic ring is 1. The van der Waals surface area contributed by atoms with Crippen molar-refractivity contribution in [3.8, 4) is 0 Å². The number of anilines is 1. The van der Waals surface area contributed by atoms with E-state index in [0.29, 0.717) is 12.5 Å². The van der Waals surface area contributed by atoms with E-state index in [2.05, 4.69) is 10.0 Å². The van der Waals surface area contributed by atoms with Crippen LogP contribution >= 0.6 is 0 Å². The number of benzene rings is 1. The molecule has 6 nitrogen and oxygen atoms in total. The van der Waals surface area contributed by atoms with Crippen LogP contribution in [0.2, 0.25) is 0 Å². The summed E-state index contributed by atoms with van der Waals surface area (Å²) >= 11 is 0. The van der Waals surface area contributed by atoms with Crippen molar-refractivity contribution in [2.24, 2.45) is 5.92 Å². The van der Waals surface area contributed by atoms with Gasteiger partial charge in [-0.1, -0.05) is 13.8 Å². The highest BCUT2D eigenvalue weighted by molar-refractivity contribution is 7.89. The molecule has 0 fully saturated rings. The van der Waals surface area contributed by atoms with E-state index in [1.807, 2.05) is 13.8 Å². The number of halogens is 1. The molecule has 0 heterocycles.